The number of carbonyl (C=O) groups is 1. The number of carbonyl (C=O) groups excluding carboxylic acids is 1. The summed E-state index contributed by atoms with van der Waals surface area (Å²) in [6.45, 7) is 2.37. The second-order valence-electron chi connectivity index (χ2n) is 13.2. The normalized spacial score (nSPS) is 17.7. The van der Waals surface area contributed by atoms with Gasteiger partial charge in [-0.15, -0.1) is 21.5 Å². The Balaban J connectivity index is 1.19. The van der Waals surface area contributed by atoms with Crippen molar-refractivity contribution < 1.29 is 27.1 Å². The number of rotatable bonds is 8. The summed E-state index contributed by atoms with van der Waals surface area (Å²) in [5.41, 5.74) is 5.54. The molecule has 1 unspecified atom stereocenters. The van der Waals surface area contributed by atoms with E-state index in [1.165, 1.54) is 36.6 Å². The average Bonchev–Trinajstić information content (AvgIpc) is 3.97. The predicted molar refractivity (Wildman–Crippen MR) is 185 cm³/mol. The monoisotopic (exact) mass is 708 g/mol. The van der Waals surface area contributed by atoms with Gasteiger partial charge < -0.3 is 19.4 Å². The van der Waals surface area contributed by atoms with E-state index in [1.807, 2.05) is 17.0 Å². The molecule has 6 heterocycles. The Bertz CT molecular complexity index is 2380. The Labute approximate surface area is 294 Å². The summed E-state index contributed by atoms with van der Waals surface area (Å²) >= 11 is 1.48. The lowest BCUT2D eigenvalue weighted by molar-refractivity contribution is 0.0776. The molecule has 1 N–H and O–H groups in total. The molecule has 9 rings (SSSR count). The van der Waals surface area contributed by atoms with Crippen LogP contribution in [0.2, 0.25) is 0 Å². The van der Waals surface area contributed by atoms with Crippen LogP contribution in [0.3, 0.4) is 0 Å². The summed E-state index contributed by atoms with van der Waals surface area (Å²) in [5, 5.41) is 13.0. The summed E-state index contributed by atoms with van der Waals surface area (Å²) in [7, 11) is 1.34. The fourth-order valence-electron chi connectivity index (χ4n) is 7.91. The quantitative estimate of drug-likeness (QED) is 0.168. The fourth-order valence-corrected chi connectivity index (χ4v) is 9.07. The molecule has 0 spiro atoms. The number of anilines is 1. The Kier molecular flexibility index (Phi) is 7.57. The van der Waals surface area contributed by atoms with Crippen molar-refractivity contribution >= 4 is 33.1 Å². The Morgan fingerprint density at radius 3 is 2.67 bits per heavy atom. The standard InChI is InChI=1S/C38H31F3N6O3S/c1-18-45-46-37(50-18)29-26(11-7-19-5-8-21(39)9-6-19)43-33-27-4-3-15-47(27)38(48)31(33)30(29)28-16-20-13-14-42-36(35(20)51-28)44-25-12-10-22-23(25)17-24(40)32(41)34(22)49-2/h5-6,8-9,13-14,16-17,25,27H,3-4,7,10-12,15H2,1-2H3,(H,42,44)/t25?,27-/m1/s1. The molecule has 1 saturated heterocycles. The van der Waals surface area contributed by atoms with Crippen LogP contribution in [0.5, 0.6) is 5.75 Å². The van der Waals surface area contributed by atoms with E-state index in [-0.39, 0.29) is 35.4 Å². The lowest BCUT2D eigenvalue weighted by Gasteiger charge is -2.17. The zero-order valence-corrected chi connectivity index (χ0v) is 28.5. The van der Waals surface area contributed by atoms with E-state index in [0.29, 0.717) is 71.8 Å². The molecule has 1 aliphatic carbocycles. The Morgan fingerprint density at radius 1 is 1.04 bits per heavy atom. The molecule has 2 atom stereocenters. The van der Waals surface area contributed by atoms with E-state index in [1.54, 1.807) is 25.3 Å². The number of halogens is 3. The third-order valence-corrected chi connectivity index (χ3v) is 11.4. The van der Waals surface area contributed by atoms with Gasteiger partial charge in [0.15, 0.2) is 11.6 Å². The summed E-state index contributed by atoms with van der Waals surface area (Å²) in [6, 6.07) is 11.2. The van der Waals surface area contributed by atoms with Crippen LogP contribution in [0.15, 0.2) is 53.1 Å². The molecule has 258 valence electrons. The maximum Gasteiger partial charge on any atom is 0.257 e. The molecule has 3 aliphatic rings. The first kappa shape index (κ1) is 31.7. The summed E-state index contributed by atoms with van der Waals surface area (Å²) in [6.07, 6.45) is 5.63. The fraction of sp³-hybridized carbons (Fsp3) is 0.289. The van der Waals surface area contributed by atoms with Gasteiger partial charge in [0.1, 0.15) is 11.6 Å². The van der Waals surface area contributed by atoms with Crippen molar-refractivity contribution in [3.8, 4) is 27.6 Å². The van der Waals surface area contributed by atoms with Crippen molar-refractivity contribution in [1.29, 1.82) is 0 Å². The number of aromatic nitrogens is 4. The second kappa shape index (κ2) is 12.2. The van der Waals surface area contributed by atoms with Gasteiger partial charge in [0, 0.05) is 35.7 Å². The van der Waals surface area contributed by atoms with E-state index in [4.69, 9.17) is 14.1 Å². The minimum Gasteiger partial charge on any atom is -0.493 e. The van der Waals surface area contributed by atoms with E-state index < -0.39 is 11.6 Å². The molecule has 0 radical (unpaired) electrons. The maximum atomic E-state index is 14.6. The van der Waals surface area contributed by atoms with Crippen LogP contribution >= 0.6 is 11.3 Å². The zero-order chi connectivity index (χ0) is 35.0. The van der Waals surface area contributed by atoms with Crippen LogP contribution in [0.4, 0.5) is 19.0 Å². The van der Waals surface area contributed by atoms with Gasteiger partial charge in [-0.25, -0.2) is 13.8 Å². The first-order valence-electron chi connectivity index (χ1n) is 16.9. The molecule has 6 aromatic rings. The van der Waals surface area contributed by atoms with Gasteiger partial charge in [-0.3, -0.25) is 9.78 Å². The topological polar surface area (TPSA) is 106 Å². The van der Waals surface area contributed by atoms with Crippen LogP contribution in [0, 0.1) is 24.4 Å². The molecular weight excluding hydrogens is 678 g/mol. The SMILES string of the molecule is COc1c(F)c(F)cc2c1CCC2Nc1nccc2cc(-c3c4c(nc(CCc5ccc(F)cc5)c3-c3nnc(C)o3)[C@H]3CCCN3C4=O)sc12. The van der Waals surface area contributed by atoms with E-state index >= 15 is 0 Å². The largest absolute Gasteiger partial charge is 0.493 e. The third kappa shape index (κ3) is 5.16. The Hall–Kier alpha value is -5.30. The number of aryl methyl sites for hydroxylation is 3. The Morgan fingerprint density at radius 2 is 1.88 bits per heavy atom. The predicted octanol–water partition coefficient (Wildman–Crippen LogP) is 8.32. The average molecular weight is 709 g/mol. The molecule has 4 aromatic heterocycles. The molecular formula is C38H31F3N6O3S. The van der Waals surface area contributed by atoms with Crippen molar-refractivity contribution in [3.05, 3.63) is 106 Å². The molecule has 2 aliphatic heterocycles. The highest BCUT2D eigenvalue weighted by atomic mass is 32.1. The number of fused-ring (bicyclic) bond motifs is 5. The van der Waals surface area contributed by atoms with Crippen molar-refractivity contribution in [2.45, 2.75) is 57.5 Å². The molecule has 9 nitrogen and oxygen atoms in total. The van der Waals surface area contributed by atoms with Gasteiger partial charge in [-0.05, 0) is 85.4 Å². The van der Waals surface area contributed by atoms with E-state index in [0.717, 1.165) is 44.8 Å². The van der Waals surface area contributed by atoms with Crippen molar-refractivity contribution in [3.63, 3.8) is 0 Å². The minimum atomic E-state index is -0.982. The molecule has 13 heteroatoms. The van der Waals surface area contributed by atoms with E-state index in [2.05, 4.69) is 20.5 Å². The van der Waals surface area contributed by atoms with Gasteiger partial charge in [0.2, 0.25) is 17.6 Å². The first-order chi connectivity index (χ1) is 24.8. The van der Waals surface area contributed by atoms with Gasteiger partial charge in [-0.1, -0.05) is 12.1 Å². The third-order valence-electron chi connectivity index (χ3n) is 10.2. The molecule has 0 bridgehead atoms. The number of hydrogen-bond acceptors (Lipinski definition) is 9. The number of hydrogen-bond donors (Lipinski definition) is 1. The van der Waals surface area contributed by atoms with E-state index in [9.17, 15) is 18.0 Å². The number of thiophene rings is 1. The van der Waals surface area contributed by atoms with Gasteiger partial charge in [0.25, 0.3) is 5.91 Å². The highest BCUT2D eigenvalue weighted by Gasteiger charge is 2.45. The number of amides is 1. The first-order valence-corrected chi connectivity index (χ1v) is 17.7. The number of methoxy groups -OCH3 is 1. The summed E-state index contributed by atoms with van der Waals surface area (Å²) in [5.74, 6) is -1.13. The van der Waals surface area contributed by atoms with Crippen molar-refractivity contribution in [2.75, 3.05) is 19.0 Å². The second-order valence-corrected chi connectivity index (χ2v) is 14.2. The smallest absolute Gasteiger partial charge is 0.257 e. The van der Waals surface area contributed by atoms with Crippen LogP contribution in [-0.4, -0.2) is 44.6 Å². The minimum absolute atomic E-state index is 0.0605. The number of nitrogens with one attached hydrogen (secondary N) is 1. The number of ether oxygens (including phenoxy) is 1. The number of pyridine rings is 2. The zero-order valence-electron chi connectivity index (χ0n) is 27.7. The number of benzene rings is 2. The molecule has 2 aromatic carbocycles. The van der Waals surface area contributed by atoms with Gasteiger partial charge >= 0.3 is 0 Å². The molecule has 51 heavy (non-hydrogen) atoms. The number of nitrogens with zero attached hydrogens (tertiary/aromatic N) is 5. The van der Waals surface area contributed by atoms with Crippen LogP contribution < -0.4 is 10.1 Å². The van der Waals surface area contributed by atoms with Crippen molar-refractivity contribution in [2.24, 2.45) is 0 Å². The summed E-state index contributed by atoms with van der Waals surface area (Å²) < 4.78 is 55.0. The molecule has 0 saturated carbocycles. The van der Waals surface area contributed by atoms with Gasteiger partial charge in [0.05, 0.1) is 46.4 Å². The van der Waals surface area contributed by atoms with Crippen LogP contribution in [0.1, 0.15) is 75.7 Å². The molecule has 1 fully saturated rings. The van der Waals surface area contributed by atoms with Gasteiger partial charge in [-0.2, -0.15) is 4.39 Å². The highest BCUT2D eigenvalue weighted by molar-refractivity contribution is 7.23. The highest BCUT2D eigenvalue weighted by Crippen LogP contribution is 2.51. The van der Waals surface area contributed by atoms with Crippen LogP contribution in [-0.2, 0) is 19.3 Å². The summed E-state index contributed by atoms with van der Waals surface area (Å²) in [4.78, 5) is 26.8. The van der Waals surface area contributed by atoms with Crippen LogP contribution in [0.25, 0.3) is 32.0 Å². The lowest BCUT2D eigenvalue weighted by Crippen LogP contribution is -2.22. The maximum absolute atomic E-state index is 14.6. The van der Waals surface area contributed by atoms with Crippen molar-refractivity contribution in [1.82, 2.24) is 25.1 Å². The lowest BCUT2D eigenvalue weighted by atomic mass is 9.93. The molecule has 1 amide bonds.